The van der Waals surface area contributed by atoms with Gasteiger partial charge in [0.2, 0.25) is 0 Å². The summed E-state index contributed by atoms with van der Waals surface area (Å²) in [6, 6.07) is 5.06. The largest absolute Gasteiger partial charge is 0.493 e. The summed E-state index contributed by atoms with van der Waals surface area (Å²) in [7, 11) is 0. The molecule has 0 saturated heterocycles. The molecule has 3 nitrogen and oxygen atoms in total. The third-order valence-electron chi connectivity index (χ3n) is 2.88. The number of aromatic carboxylic acids is 1. The van der Waals surface area contributed by atoms with Crippen molar-refractivity contribution in [2.45, 2.75) is 19.3 Å². The van der Waals surface area contributed by atoms with Crippen LogP contribution < -0.4 is 4.74 Å². The first-order valence-electron chi connectivity index (χ1n) is 5.32. The molecule has 1 saturated carbocycles. The number of rotatable bonds is 4. The van der Waals surface area contributed by atoms with Gasteiger partial charge in [0.1, 0.15) is 5.75 Å². The summed E-state index contributed by atoms with van der Waals surface area (Å²) >= 11 is 3.20. The van der Waals surface area contributed by atoms with Crippen molar-refractivity contribution in [1.29, 1.82) is 0 Å². The van der Waals surface area contributed by atoms with Crippen LogP contribution in [0, 0.1) is 5.92 Å². The van der Waals surface area contributed by atoms with Gasteiger partial charge in [0.05, 0.1) is 12.2 Å². The fourth-order valence-electron chi connectivity index (χ4n) is 1.63. The minimum atomic E-state index is -0.944. The molecular weight excluding hydrogens is 272 g/mol. The summed E-state index contributed by atoms with van der Waals surface area (Å²) < 4.78 is 6.15. The molecule has 2 rings (SSSR count). The van der Waals surface area contributed by atoms with Crippen LogP contribution in [0.25, 0.3) is 0 Å². The average Bonchev–Trinajstić information content (AvgIpc) is 2.17. The molecule has 0 aromatic heterocycles. The van der Waals surface area contributed by atoms with E-state index in [0.29, 0.717) is 22.7 Å². The van der Waals surface area contributed by atoms with Crippen LogP contribution >= 0.6 is 15.9 Å². The summed E-state index contributed by atoms with van der Waals surface area (Å²) in [6.07, 6.45) is 3.74. The predicted molar refractivity (Wildman–Crippen MR) is 63.9 cm³/mol. The van der Waals surface area contributed by atoms with Crippen LogP contribution in [0.15, 0.2) is 22.7 Å². The van der Waals surface area contributed by atoms with Crippen molar-refractivity contribution in [3.63, 3.8) is 0 Å². The lowest BCUT2D eigenvalue weighted by atomic mass is 9.86. The Labute approximate surface area is 103 Å². The molecule has 1 aromatic rings. The Balaban J connectivity index is 2.03. The third-order valence-corrected chi connectivity index (χ3v) is 3.57. The van der Waals surface area contributed by atoms with Gasteiger partial charge < -0.3 is 9.84 Å². The van der Waals surface area contributed by atoms with E-state index >= 15 is 0 Å². The van der Waals surface area contributed by atoms with Crippen molar-refractivity contribution in [2.24, 2.45) is 5.92 Å². The van der Waals surface area contributed by atoms with Crippen molar-refractivity contribution < 1.29 is 14.6 Å². The van der Waals surface area contributed by atoms with Crippen LogP contribution in [-0.2, 0) is 0 Å². The van der Waals surface area contributed by atoms with Crippen molar-refractivity contribution in [3.05, 3.63) is 28.2 Å². The number of hydrogen-bond donors (Lipinski definition) is 1. The minimum Gasteiger partial charge on any atom is -0.493 e. The highest BCUT2D eigenvalue weighted by molar-refractivity contribution is 9.10. The molecule has 4 heteroatoms. The molecule has 0 bridgehead atoms. The molecule has 1 aromatic carbocycles. The van der Waals surface area contributed by atoms with E-state index in [0.717, 1.165) is 0 Å². The Morgan fingerprint density at radius 3 is 2.81 bits per heavy atom. The quantitative estimate of drug-likeness (QED) is 0.923. The Morgan fingerprint density at radius 2 is 2.25 bits per heavy atom. The number of halogens is 1. The summed E-state index contributed by atoms with van der Waals surface area (Å²) in [5, 5.41) is 8.94. The number of ether oxygens (including phenoxy) is 1. The smallest absolute Gasteiger partial charge is 0.336 e. The highest BCUT2D eigenvalue weighted by Gasteiger charge is 2.18. The van der Waals surface area contributed by atoms with E-state index in [1.807, 2.05) is 0 Å². The van der Waals surface area contributed by atoms with Gasteiger partial charge in [-0.3, -0.25) is 0 Å². The van der Waals surface area contributed by atoms with E-state index in [9.17, 15) is 4.79 Å². The summed E-state index contributed by atoms with van der Waals surface area (Å²) in [5.41, 5.74) is 0.242. The number of carbonyl (C=O) groups is 1. The SMILES string of the molecule is O=C(O)c1cc(OCC2CCC2)ccc1Br. The first-order chi connectivity index (χ1) is 7.66. The lowest BCUT2D eigenvalue weighted by Gasteiger charge is -2.25. The summed E-state index contributed by atoms with van der Waals surface area (Å²) in [4.78, 5) is 10.9. The van der Waals surface area contributed by atoms with E-state index in [-0.39, 0.29) is 5.56 Å². The van der Waals surface area contributed by atoms with Gasteiger partial charge in [0, 0.05) is 4.47 Å². The predicted octanol–water partition coefficient (Wildman–Crippen LogP) is 3.33. The second-order valence-electron chi connectivity index (χ2n) is 4.05. The fourth-order valence-corrected chi connectivity index (χ4v) is 2.05. The first kappa shape index (κ1) is 11.5. The number of hydrogen-bond acceptors (Lipinski definition) is 2. The molecule has 0 atom stereocenters. The molecule has 1 N–H and O–H groups in total. The molecule has 16 heavy (non-hydrogen) atoms. The van der Waals surface area contributed by atoms with Crippen LogP contribution in [0.2, 0.25) is 0 Å². The molecular formula is C12H13BrO3. The zero-order valence-corrected chi connectivity index (χ0v) is 10.4. The summed E-state index contributed by atoms with van der Waals surface area (Å²) in [5.74, 6) is 0.338. The van der Waals surface area contributed by atoms with Crippen LogP contribution in [0.5, 0.6) is 5.75 Å². The molecule has 0 heterocycles. The van der Waals surface area contributed by atoms with Crippen LogP contribution in [0.4, 0.5) is 0 Å². The second kappa shape index (κ2) is 4.87. The monoisotopic (exact) mass is 284 g/mol. The molecule has 86 valence electrons. The standard InChI is InChI=1S/C12H13BrO3/c13-11-5-4-9(6-10(11)12(14)15)16-7-8-2-1-3-8/h4-6,8H,1-3,7H2,(H,14,15). The Morgan fingerprint density at radius 1 is 1.50 bits per heavy atom. The van der Waals surface area contributed by atoms with Gasteiger partial charge in [0.15, 0.2) is 0 Å². The molecule has 1 aliphatic carbocycles. The fraction of sp³-hybridized carbons (Fsp3) is 0.417. The highest BCUT2D eigenvalue weighted by atomic mass is 79.9. The Kier molecular flexibility index (Phi) is 3.49. The zero-order chi connectivity index (χ0) is 11.5. The molecule has 1 fully saturated rings. The van der Waals surface area contributed by atoms with Gasteiger partial charge in [-0.05, 0) is 52.9 Å². The maximum Gasteiger partial charge on any atom is 0.336 e. The Bertz CT molecular complexity index is 399. The van der Waals surface area contributed by atoms with Gasteiger partial charge >= 0.3 is 5.97 Å². The van der Waals surface area contributed by atoms with Gasteiger partial charge in [-0.25, -0.2) is 4.79 Å². The third kappa shape index (κ3) is 2.55. The van der Waals surface area contributed by atoms with E-state index < -0.39 is 5.97 Å². The number of carboxylic acid groups (broad SMARTS) is 1. The van der Waals surface area contributed by atoms with Gasteiger partial charge in [-0.2, -0.15) is 0 Å². The summed E-state index contributed by atoms with van der Waals surface area (Å²) in [6.45, 7) is 0.695. The van der Waals surface area contributed by atoms with Gasteiger partial charge in [0.25, 0.3) is 0 Å². The molecule has 0 amide bonds. The van der Waals surface area contributed by atoms with E-state index in [1.54, 1.807) is 18.2 Å². The zero-order valence-electron chi connectivity index (χ0n) is 8.78. The molecule has 1 aliphatic rings. The molecule has 0 spiro atoms. The van der Waals surface area contributed by atoms with Crippen molar-refractivity contribution in [1.82, 2.24) is 0 Å². The highest BCUT2D eigenvalue weighted by Crippen LogP contribution is 2.28. The first-order valence-corrected chi connectivity index (χ1v) is 6.12. The van der Waals surface area contributed by atoms with E-state index in [4.69, 9.17) is 9.84 Å². The number of carboxylic acids is 1. The Hall–Kier alpha value is -1.03. The van der Waals surface area contributed by atoms with Crippen molar-refractivity contribution in [2.75, 3.05) is 6.61 Å². The van der Waals surface area contributed by atoms with Crippen LogP contribution in [0.1, 0.15) is 29.6 Å². The topological polar surface area (TPSA) is 46.5 Å². The lowest BCUT2D eigenvalue weighted by molar-refractivity contribution is 0.0695. The van der Waals surface area contributed by atoms with Crippen molar-refractivity contribution in [3.8, 4) is 5.75 Å². The van der Waals surface area contributed by atoms with Gasteiger partial charge in [-0.1, -0.05) is 6.42 Å². The minimum absolute atomic E-state index is 0.242. The van der Waals surface area contributed by atoms with E-state index in [2.05, 4.69) is 15.9 Å². The second-order valence-corrected chi connectivity index (χ2v) is 4.91. The molecule has 0 unspecified atom stereocenters. The van der Waals surface area contributed by atoms with Crippen molar-refractivity contribution >= 4 is 21.9 Å². The van der Waals surface area contributed by atoms with Crippen LogP contribution in [-0.4, -0.2) is 17.7 Å². The van der Waals surface area contributed by atoms with E-state index in [1.165, 1.54) is 19.3 Å². The maximum atomic E-state index is 10.9. The maximum absolute atomic E-state index is 10.9. The molecule has 0 aliphatic heterocycles. The average molecular weight is 285 g/mol. The lowest BCUT2D eigenvalue weighted by Crippen LogP contribution is -2.19. The molecule has 0 radical (unpaired) electrons. The van der Waals surface area contributed by atoms with Crippen LogP contribution in [0.3, 0.4) is 0 Å². The van der Waals surface area contributed by atoms with Gasteiger partial charge in [-0.15, -0.1) is 0 Å². The number of benzene rings is 1. The normalized spacial score (nSPS) is 15.6.